The van der Waals surface area contributed by atoms with Crippen LogP contribution in [0.5, 0.6) is 0 Å². The third-order valence-corrected chi connectivity index (χ3v) is 12.7. The molecule has 0 fully saturated rings. The summed E-state index contributed by atoms with van der Waals surface area (Å²) in [6.07, 6.45) is 0. The molecule has 0 saturated heterocycles. The zero-order chi connectivity index (χ0) is 55.9. The molecule has 4 aromatic heterocycles. The van der Waals surface area contributed by atoms with Crippen molar-refractivity contribution in [3.05, 3.63) is 212 Å². The lowest BCUT2D eigenvalue weighted by Gasteiger charge is -2.36. The Labute approximate surface area is 437 Å². The lowest BCUT2D eigenvalue weighted by molar-refractivity contribution is 0.595. The van der Waals surface area contributed by atoms with Crippen LogP contribution in [-0.4, -0.2) is 76.3 Å². The van der Waals surface area contributed by atoms with E-state index in [4.69, 9.17) is 46.2 Å². The molecular formula is C57H40F8N12. The van der Waals surface area contributed by atoms with Gasteiger partial charge in [0, 0.05) is 101 Å². The van der Waals surface area contributed by atoms with E-state index in [1.54, 1.807) is 76.0 Å². The molecule has 0 unspecified atom stereocenters. The van der Waals surface area contributed by atoms with Crippen molar-refractivity contribution in [1.29, 1.82) is 0 Å². The van der Waals surface area contributed by atoms with Gasteiger partial charge in [0.15, 0.2) is 0 Å². The van der Waals surface area contributed by atoms with E-state index in [0.717, 1.165) is 48.5 Å². The van der Waals surface area contributed by atoms with Crippen molar-refractivity contribution in [2.24, 2.45) is 0 Å². The molecule has 0 radical (unpaired) electrons. The molecule has 0 saturated carbocycles. The van der Waals surface area contributed by atoms with Crippen molar-refractivity contribution in [2.45, 2.75) is 5.41 Å². The van der Waals surface area contributed by atoms with Crippen molar-refractivity contribution in [3.8, 4) is 45.0 Å². The molecular weight excluding hydrogens is 1000 g/mol. The minimum absolute atomic E-state index is 0.172. The van der Waals surface area contributed by atoms with E-state index in [9.17, 15) is 0 Å². The normalized spacial score (nSPS) is 11.1. The zero-order valence-electron chi connectivity index (χ0n) is 42.1. The highest BCUT2D eigenvalue weighted by molar-refractivity contribution is 5.78. The van der Waals surface area contributed by atoms with Crippen LogP contribution in [0.1, 0.15) is 22.8 Å². The lowest BCUT2D eigenvalue weighted by atomic mass is 9.72. The molecule has 0 aliphatic rings. The van der Waals surface area contributed by atoms with Crippen LogP contribution in [-0.2, 0) is 5.41 Å². The van der Waals surface area contributed by atoms with Gasteiger partial charge in [-0.1, -0.05) is 0 Å². The number of benzene rings is 4. The first-order valence-electron chi connectivity index (χ1n) is 22.8. The number of nitrogens with zero attached hydrogens (tertiary/aromatic N) is 12. The third-order valence-electron chi connectivity index (χ3n) is 12.7. The van der Waals surface area contributed by atoms with E-state index < -0.39 is 74.7 Å². The summed E-state index contributed by atoms with van der Waals surface area (Å²) in [7, 11) is 13.1. The van der Waals surface area contributed by atoms with Crippen LogP contribution >= 0.6 is 0 Å². The van der Waals surface area contributed by atoms with E-state index in [-0.39, 0.29) is 90.6 Å². The summed E-state index contributed by atoms with van der Waals surface area (Å²) in [6, 6.07) is 19.7. The second-order valence-corrected chi connectivity index (χ2v) is 18.2. The molecule has 0 amide bonds. The van der Waals surface area contributed by atoms with E-state index in [0.29, 0.717) is 0 Å². The minimum Gasteiger partial charge on any atom is -0.378 e. The molecule has 0 bridgehead atoms. The molecule has 4 aromatic carbocycles. The Bertz CT molecular complexity index is 3400. The summed E-state index contributed by atoms with van der Waals surface area (Å²) < 4.78 is 127. The Morgan fingerprint density at radius 3 is 0.688 bits per heavy atom. The summed E-state index contributed by atoms with van der Waals surface area (Å²) in [5.41, 5.74) is -8.10. The fourth-order valence-electron chi connectivity index (χ4n) is 8.57. The first-order chi connectivity index (χ1) is 36.6. The predicted octanol–water partition coefficient (Wildman–Crippen LogP) is 13.9. The van der Waals surface area contributed by atoms with Gasteiger partial charge in [0.1, 0.15) is 52.0 Å². The topological polar surface area (TPSA) is 82.0 Å². The lowest BCUT2D eigenvalue weighted by Crippen LogP contribution is -2.37. The van der Waals surface area contributed by atoms with Crippen molar-refractivity contribution >= 4 is 45.5 Å². The molecule has 0 spiro atoms. The number of halogens is 8. The van der Waals surface area contributed by atoms with Crippen LogP contribution < -0.4 is 19.6 Å². The SMILES string of the molecule is [C-]#[N+]c1c(F)ccc(-c2cc(N(C)C)cc(C(c3cc(N(C)C)cc(-c4ccc(F)c([N+]#[C-])c4F)n3)(c3cc(N(C)C)cc(-c4ccc(F)c([N+]#[C-])c4F)n3)c3cc(N(C)C)cc(-c4ccc(F)c([N+]#[C-])c4F)n3)n2)c1F. The predicted molar refractivity (Wildman–Crippen MR) is 280 cm³/mol. The van der Waals surface area contributed by atoms with Gasteiger partial charge in [-0.2, -0.15) is 0 Å². The first-order valence-corrected chi connectivity index (χ1v) is 22.8. The van der Waals surface area contributed by atoms with Crippen molar-refractivity contribution in [1.82, 2.24) is 19.9 Å². The highest BCUT2D eigenvalue weighted by Crippen LogP contribution is 2.49. The van der Waals surface area contributed by atoms with Crippen molar-refractivity contribution in [2.75, 3.05) is 76.0 Å². The van der Waals surface area contributed by atoms with Gasteiger partial charge in [0.2, 0.25) is 0 Å². The molecule has 12 nitrogen and oxygen atoms in total. The molecule has 20 heteroatoms. The Kier molecular flexibility index (Phi) is 14.4. The zero-order valence-corrected chi connectivity index (χ0v) is 42.1. The largest absolute Gasteiger partial charge is 0.378 e. The average molecular weight is 1050 g/mol. The molecule has 8 aromatic rings. The van der Waals surface area contributed by atoms with Crippen molar-refractivity contribution in [3.63, 3.8) is 0 Å². The quantitative estimate of drug-likeness (QED) is 0.0884. The number of rotatable bonds is 12. The molecule has 77 heavy (non-hydrogen) atoms. The smallest absolute Gasteiger partial charge is 0.257 e. The maximum absolute atomic E-state index is 16.7. The first kappa shape index (κ1) is 53.4. The molecule has 384 valence electrons. The maximum Gasteiger partial charge on any atom is 0.257 e. The van der Waals surface area contributed by atoms with Gasteiger partial charge in [0.05, 0.1) is 71.8 Å². The Hall–Kier alpha value is -9.92. The van der Waals surface area contributed by atoms with Gasteiger partial charge in [0.25, 0.3) is 22.7 Å². The fourth-order valence-corrected chi connectivity index (χ4v) is 8.57. The summed E-state index contributed by atoms with van der Waals surface area (Å²) in [6.45, 7) is 30.6. The third kappa shape index (κ3) is 9.38. The molecule has 0 atom stereocenters. The van der Waals surface area contributed by atoms with Crippen molar-refractivity contribution < 1.29 is 35.1 Å². The van der Waals surface area contributed by atoms with E-state index >= 15 is 35.1 Å². The highest BCUT2D eigenvalue weighted by Gasteiger charge is 2.47. The van der Waals surface area contributed by atoms with Gasteiger partial charge in [-0.15, -0.1) is 0 Å². The van der Waals surface area contributed by atoms with E-state index in [2.05, 4.69) is 19.4 Å². The van der Waals surface area contributed by atoms with E-state index in [1.807, 2.05) is 0 Å². The minimum atomic E-state index is -2.39. The summed E-state index contributed by atoms with van der Waals surface area (Å²) in [4.78, 5) is 39.3. The molecule has 0 aliphatic heterocycles. The van der Waals surface area contributed by atoms with Gasteiger partial charge < -0.3 is 19.6 Å². The van der Waals surface area contributed by atoms with Gasteiger partial charge >= 0.3 is 0 Å². The van der Waals surface area contributed by atoms with Crippen LogP contribution in [0.2, 0.25) is 0 Å². The Morgan fingerprint density at radius 2 is 0.519 bits per heavy atom. The summed E-state index contributed by atoms with van der Waals surface area (Å²) in [5, 5.41) is 0. The number of hydrogen-bond acceptors (Lipinski definition) is 8. The highest BCUT2D eigenvalue weighted by atomic mass is 19.2. The van der Waals surface area contributed by atoms with Crippen LogP contribution in [0.3, 0.4) is 0 Å². The second kappa shape index (κ2) is 20.8. The number of hydrogen-bond donors (Lipinski definition) is 0. The van der Waals surface area contributed by atoms with Crippen LogP contribution in [0.15, 0.2) is 97.1 Å². The summed E-state index contributed by atoms with van der Waals surface area (Å²) >= 11 is 0. The second-order valence-electron chi connectivity index (χ2n) is 18.2. The van der Waals surface area contributed by atoms with Crippen LogP contribution in [0, 0.1) is 72.8 Å². The van der Waals surface area contributed by atoms with Gasteiger partial charge in [-0.05, 0) is 97.1 Å². The van der Waals surface area contributed by atoms with Crippen LogP contribution in [0.4, 0.5) is 80.6 Å². The van der Waals surface area contributed by atoms with E-state index in [1.165, 1.54) is 48.5 Å². The van der Waals surface area contributed by atoms with Gasteiger partial charge in [-0.25, -0.2) is 54.5 Å². The standard InChI is InChI=1S/C57H40F8N12/c1-66-53-37(58)17-13-33(49(53)62)41-21-29(74(5)6)25-45(70-41)57(46-26-30(75(7)8)22-42(71-46)34-14-18-38(59)54(67-2)50(34)63,47-27-31(76(9)10)23-43(72-47)35-15-19-39(60)55(68-3)51(35)64)48-28-32(77(11)12)24-44(73-48)36-16-20-40(61)56(69-4)52(36)65/h13-28H,5-12H3. The molecule has 0 aliphatic carbocycles. The Balaban J connectivity index is 1.72. The average Bonchev–Trinajstić information content (AvgIpc) is 3.46. The maximum atomic E-state index is 16.7. The molecule has 8 rings (SSSR count). The van der Waals surface area contributed by atoms with Gasteiger partial charge in [-0.3, -0.25) is 19.9 Å². The number of aromatic nitrogens is 4. The monoisotopic (exact) mass is 1040 g/mol. The summed E-state index contributed by atoms with van der Waals surface area (Å²) in [5.74, 6) is -9.79. The van der Waals surface area contributed by atoms with Crippen LogP contribution in [0.25, 0.3) is 64.4 Å². The molecule has 4 heterocycles. The number of pyridine rings is 4. The Morgan fingerprint density at radius 1 is 0.325 bits per heavy atom. The molecule has 0 N–H and O–H groups in total. The number of anilines is 4. The fraction of sp³-hybridized carbons (Fsp3) is 0.158.